The molecule has 5 nitrogen and oxygen atoms in total. The van der Waals surface area contributed by atoms with E-state index in [9.17, 15) is 14.0 Å². The van der Waals surface area contributed by atoms with Gasteiger partial charge in [0, 0.05) is 25.1 Å². The highest BCUT2D eigenvalue weighted by molar-refractivity contribution is 5.89. The average Bonchev–Trinajstić information content (AvgIpc) is 3.17. The van der Waals surface area contributed by atoms with Gasteiger partial charge in [-0.3, -0.25) is 9.59 Å². The molecular formula is C17H17FN2O3. The van der Waals surface area contributed by atoms with E-state index in [1.807, 2.05) is 0 Å². The maximum Gasteiger partial charge on any atom is 0.225 e. The Morgan fingerprint density at radius 3 is 2.87 bits per heavy atom. The fourth-order valence-electron chi connectivity index (χ4n) is 2.66. The fraction of sp³-hybridized carbons (Fsp3) is 0.294. The number of benzene rings is 1. The van der Waals surface area contributed by atoms with Crippen molar-refractivity contribution in [2.24, 2.45) is 5.92 Å². The number of carbonyl (C=O) groups is 2. The predicted octanol–water partition coefficient (Wildman–Crippen LogP) is 2.08. The molecule has 0 radical (unpaired) electrons. The number of halogens is 1. The molecule has 23 heavy (non-hydrogen) atoms. The van der Waals surface area contributed by atoms with Crippen molar-refractivity contribution in [2.75, 3.05) is 6.54 Å². The van der Waals surface area contributed by atoms with E-state index in [0.717, 1.165) is 0 Å². The van der Waals surface area contributed by atoms with Crippen LogP contribution in [0.3, 0.4) is 0 Å². The summed E-state index contributed by atoms with van der Waals surface area (Å²) in [4.78, 5) is 25.8. The molecule has 1 aromatic carbocycles. The van der Waals surface area contributed by atoms with Crippen LogP contribution in [0.1, 0.15) is 17.7 Å². The van der Waals surface area contributed by atoms with Gasteiger partial charge >= 0.3 is 0 Å². The molecule has 1 saturated heterocycles. The molecule has 2 amide bonds. The van der Waals surface area contributed by atoms with Crippen LogP contribution in [0.2, 0.25) is 0 Å². The van der Waals surface area contributed by atoms with E-state index >= 15 is 0 Å². The van der Waals surface area contributed by atoms with Crippen LogP contribution in [-0.4, -0.2) is 23.3 Å². The minimum Gasteiger partial charge on any atom is -0.467 e. The standard InChI is InChI=1S/C17H17FN2O3/c18-15-6-2-1-4-12(15)9-19-17(22)13-8-16(21)20(10-13)11-14-5-3-7-23-14/h1-7,13H,8-11H2,(H,19,22)/t13-/m0/s1. The van der Waals surface area contributed by atoms with Gasteiger partial charge < -0.3 is 14.6 Å². The zero-order valence-electron chi connectivity index (χ0n) is 12.5. The average molecular weight is 316 g/mol. The van der Waals surface area contributed by atoms with Gasteiger partial charge in [0.05, 0.1) is 18.7 Å². The summed E-state index contributed by atoms with van der Waals surface area (Å²) in [5.41, 5.74) is 0.428. The molecule has 0 bridgehead atoms. The number of furan rings is 1. The molecule has 6 heteroatoms. The van der Waals surface area contributed by atoms with Crippen LogP contribution in [-0.2, 0) is 22.7 Å². The summed E-state index contributed by atoms with van der Waals surface area (Å²) in [5.74, 6) is -0.388. The van der Waals surface area contributed by atoms with Gasteiger partial charge in [0.2, 0.25) is 11.8 Å². The molecule has 1 aliphatic rings. The summed E-state index contributed by atoms with van der Waals surface area (Å²) in [7, 11) is 0. The first kappa shape index (κ1) is 15.3. The van der Waals surface area contributed by atoms with E-state index in [2.05, 4.69) is 5.32 Å². The normalized spacial score (nSPS) is 17.5. The van der Waals surface area contributed by atoms with E-state index in [4.69, 9.17) is 4.42 Å². The van der Waals surface area contributed by atoms with Crippen LogP contribution in [0.15, 0.2) is 47.1 Å². The zero-order chi connectivity index (χ0) is 16.2. The van der Waals surface area contributed by atoms with Crippen molar-refractivity contribution in [3.8, 4) is 0 Å². The van der Waals surface area contributed by atoms with Gasteiger partial charge in [-0.05, 0) is 18.2 Å². The van der Waals surface area contributed by atoms with Gasteiger partial charge in [0.15, 0.2) is 0 Å². The Bertz CT molecular complexity index is 700. The minimum atomic E-state index is -0.413. The number of likely N-dealkylation sites (tertiary alicyclic amines) is 1. The number of hydrogen-bond donors (Lipinski definition) is 1. The van der Waals surface area contributed by atoms with Crippen molar-refractivity contribution in [3.63, 3.8) is 0 Å². The van der Waals surface area contributed by atoms with Crippen molar-refractivity contribution in [1.29, 1.82) is 0 Å². The molecular weight excluding hydrogens is 299 g/mol. The monoisotopic (exact) mass is 316 g/mol. The molecule has 3 rings (SSSR count). The molecule has 1 atom stereocenters. The number of nitrogens with zero attached hydrogens (tertiary/aromatic N) is 1. The molecule has 0 aliphatic carbocycles. The number of nitrogens with one attached hydrogen (secondary N) is 1. The molecule has 1 N–H and O–H groups in total. The van der Waals surface area contributed by atoms with Crippen LogP contribution >= 0.6 is 0 Å². The summed E-state index contributed by atoms with van der Waals surface area (Å²) in [5, 5.41) is 2.70. The van der Waals surface area contributed by atoms with Crippen LogP contribution in [0.4, 0.5) is 4.39 Å². The van der Waals surface area contributed by atoms with Crippen LogP contribution in [0.5, 0.6) is 0 Å². The Morgan fingerprint density at radius 2 is 2.13 bits per heavy atom. The topological polar surface area (TPSA) is 62.6 Å². The summed E-state index contributed by atoms with van der Waals surface area (Å²) in [6.07, 6.45) is 1.72. The minimum absolute atomic E-state index is 0.0764. The SMILES string of the molecule is O=C(NCc1ccccc1F)[C@H]1CC(=O)N(Cc2ccco2)C1. The Hall–Kier alpha value is -2.63. The maximum absolute atomic E-state index is 13.5. The Morgan fingerprint density at radius 1 is 1.30 bits per heavy atom. The van der Waals surface area contributed by atoms with E-state index in [-0.39, 0.29) is 30.6 Å². The lowest BCUT2D eigenvalue weighted by molar-refractivity contribution is -0.129. The van der Waals surface area contributed by atoms with Gasteiger partial charge in [-0.1, -0.05) is 18.2 Å². The first-order valence-corrected chi connectivity index (χ1v) is 7.45. The third-order valence-corrected chi connectivity index (χ3v) is 3.92. The Kier molecular flexibility index (Phi) is 4.41. The van der Waals surface area contributed by atoms with Gasteiger partial charge in [-0.15, -0.1) is 0 Å². The highest BCUT2D eigenvalue weighted by Crippen LogP contribution is 2.20. The van der Waals surface area contributed by atoms with E-state index < -0.39 is 5.92 Å². The Labute approximate surface area is 133 Å². The van der Waals surface area contributed by atoms with Gasteiger partial charge in [-0.25, -0.2) is 4.39 Å². The molecule has 1 aromatic heterocycles. The lowest BCUT2D eigenvalue weighted by Gasteiger charge is -2.15. The van der Waals surface area contributed by atoms with Crippen molar-refractivity contribution in [1.82, 2.24) is 10.2 Å². The van der Waals surface area contributed by atoms with E-state index in [0.29, 0.717) is 24.4 Å². The van der Waals surface area contributed by atoms with Crippen LogP contribution < -0.4 is 5.32 Å². The van der Waals surface area contributed by atoms with Crippen LogP contribution in [0, 0.1) is 11.7 Å². The number of rotatable bonds is 5. The molecule has 1 aliphatic heterocycles. The van der Waals surface area contributed by atoms with Gasteiger partial charge in [0.1, 0.15) is 11.6 Å². The first-order chi connectivity index (χ1) is 11.1. The smallest absolute Gasteiger partial charge is 0.225 e. The third kappa shape index (κ3) is 3.59. The highest BCUT2D eigenvalue weighted by Gasteiger charge is 2.34. The first-order valence-electron chi connectivity index (χ1n) is 7.45. The summed E-state index contributed by atoms with van der Waals surface area (Å²) in [6.45, 7) is 0.833. The van der Waals surface area contributed by atoms with Crippen LogP contribution in [0.25, 0.3) is 0 Å². The van der Waals surface area contributed by atoms with Crippen molar-refractivity contribution < 1.29 is 18.4 Å². The molecule has 0 saturated carbocycles. The molecule has 2 aromatic rings. The van der Waals surface area contributed by atoms with E-state index in [1.165, 1.54) is 6.07 Å². The summed E-state index contributed by atoms with van der Waals surface area (Å²) in [6, 6.07) is 9.84. The van der Waals surface area contributed by atoms with Crippen molar-refractivity contribution in [3.05, 3.63) is 59.8 Å². The number of carbonyl (C=O) groups excluding carboxylic acids is 2. The molecule has 0 unspecified atom stereocenters. The maximum atomic E-state index is 13.5. The Balaban J connectivity index is 1.54. The molecule has 120 valence electrons. The second kappa shape index (κ2) is 6.64. The van der Waals surface area contributed by atoms with Crippen molar-refractivity contribution in [2.45, 2.75) is 19.5 Å². The summed E-state index contributed by atoms with van der Waals surface area (Å²) >= 11 is 0. The molecule has 2 heterocycles. The van der Waals surface area contributed by atoms with Crippen molar-refractivity contribution >= 4 is 11.8 Å². The molecule has 0 spiro atoms. The summed E-state index contributed by atoms with van der Waals surface area (Å²) < 4.78 is 18.8. The zero-order valence-corrected chi connectivity index (χ0v) is 12.5. The van der Waals surface area contributed by atoms with E-state index in [1.54, 1.807) is 41.5 Å². The lowest BCUT2D eigenvalue weighted by Crippen LogP contribution is -2.32. The quantitative estimate of drug-likeness (QED) is 0.918. The second-order valence-corrected chi connectivity index (χ2v) is 5.56. The highest BCUT2D eigenvalue weighted by atomic mass is 19.1. The lowest BCUT2D eigenvalue weighted by atomic mass is 10.1. The number of amides is 2. The third-order valence-electron chi connectivity index (χ3n) is 3.92. The largest absolute Gasteiger partial charge is 0.467 e. The molecule has 1 fully saturated rings. The number of hydrogen-bond acceptors (Lipinski definition) is 3. The fourth-order valence-corrected chi connectivity index (χ4v) is 2.66. The second-order valence-electron chi connectivity index (χ2n) is 5.56. The van der Waals surface area contributed by atoms with Gasteiger partial charge in [0.25, 0.3) is 0 Å². The predicted molar refractivity (Wildman–Crippen MR) is 80.5 cm³/mol. The van der Waals surface area contributed by atoms with Gasteiger partial charge in [-0.2, -0.15) is 0 Å².